The van der Waals surface area contributed by atoms with E-state index in [-0.39, 0.29) is 23.5 Å². The lowest BCUT2D eigenvalue weighted by atomic mass is 10.0. The van der Waals surface area contributed by atoms with Gasteiger partial charge in [0.1, 0.15) is 5.92 Å². The Morgan fingerprint density at radius 1 is 1.43 bits per heavy atom. The minimum absolute atomic E-state index is 0.00208. The van der Waals surface area contributed by atoms with Crippen molar-refractivity contribution in [3.8, 4) is 0 Å². The summed E-state index contributed by atoms with van der Waals surface area (Å²) >= 11 is 2.71. The van der Waals surface area contributed by atoms with E-state index in [1.54, 1.807) is 0 Å². The average molecular weight is 323 g/mol. The molecule has 2 amide bonds. The SMILES string of the molecule is CC1=CSC2=NC(SCC(=O)NC3CCCC3)=NC(=O)C12. The molecule has 5 nitrogen and oxygen atoms in total. The number of rotatable bonds is 3. The van der Waals surface area contributed by atoms with Crippen LogP contribution >= 0.6 is 23.5 Å². The number of nitrogens with one attached hydrogen (secondary N) is 1. The summed E-state index contributed by atoms with van der Waals surface area (Å²) < 4.78 is 0. The van der Waals surface area contributed by atoms with Crippen molar-refractivity contribution in [2.75, 3.05) is 5.75 Å². The van der Waals surface area contributed by atoms with E-state index in [0.29, 0.717) is 11.2 Å². The summed E-state index contributed by atoms with van der Waals surface area (Å²) in [6.07, 6.45) is 4.53. The van der Waals surface area contributed by atoms with Gasteiger partial charge in [-0.25, -0.2) is 4.99 Å². The molecular formula is C14H17N3O2S2. The Hall–Kier alpha value is -1.08. The number of thioether (sulfide) groups is 2. The molecule has 1 N–H and O–H groups in total. The molecule has 3 rings (SSSR count). The number of carbonyl (C=O) groups is 2. The van der Waals surface area contributed by atoms with Crippen molar-refractivity contribution in [2.24, 2.45) is 15.9 Å². The zero-order chi connectivity index (χ0) is 14.8. The quantitative estimate of drug-likeness (QED) is 0.865. The fourth-order valence-electron chi connectivity index (χ4n) is 2.69. The molecule has 1 fully saturated rings. The second-order valence-corrected chi connectivity index (χ2v) is 7.27. The van der Waals surface area contributed by atoms with Gasteiger partial charge < -0.3 is 5.32 Å². The van der Waals surface area contributed by atoms with E-state index in [0.717, 1.165) is 23.5 Å². The van der Waals surface area contributed by atoms with E-state index in [9.17, 15) is 9.59 Å². The van der Waals surface area contributed by atoms with Crippen LogP contribution in [-0.4, -0.2) is 33.8 Å². The molecule has 2 heterocycles. The number of fused-ring (bicyclic) bond motifs is 1. The third-order valence-corrected chi connectivity index (χ3v) is 5.68. The molecule has 0 saturated heterocycles. The molecule has 2 aliphatic heterocycles. The van der Waals surface area contributed by atoms with Gasteiger partial charge in [-0.3, -0.25) is 9.59 Å². The summed E-state index contributed by atoms with van der Waals surface area (Å²) in [6, 6.07) is 0.320. The Morgan fingerprint density at radius 3 is 2.95 bits per heavy atom. The van der Waals surface area contributed by atoms with Gasteiger partial charge in [-0.05, 0) is 30.7 Å². The van der Waals surface area contributed by atoms with E-state index in [1.807, 2.05) is 12.3 Å². The maximum Gasteiger partial charge on any atom is 0.262 e. The first-order valence-electron chi connectivity index (χ1n) is 7.10. The van der Waals surface area contributed by atoms with Crippen molar-refractivity contribution in [2.45, 2.75) is 38.6 Å². The molecule has 0 aromatic heterocycles. The molecule has 7 heteroatoms. The van der Waals surface area contributed by atoms with Gasteiger partial charge in [-0.15, -0.1) is 0 Å². The molecule has 0 spiro atoms. The number of hydrogen-bond acceptors (Lipinski definition) is 5. The van der Waals surface area contributed by atoms with E-state index < -0.39 is 0 Å². The van der Waals surface area contributed by atoms with Crippen LogP contribution in [0.1, 0.15) is 32.6 Å². The van der Waals surface area contributed by atoms with Crippen molar-refractivity contribution in [1.29, 1.82) is 0 Å². The van der Waals surface area contributed by atoms with Crippen LogP contribution in [0.4, 0.5) is 0 Å². The molecule has 0 aromatic carbocycles. The van der Waals surface area contributed by atoms with Crippen LogP contribution < -0.4 is 5.32 Å². The lowest BCUT2D eigenvalue weighted by Gasteiger charge is -2.15. The Morgan fingerprint density at radius 2 is 2.19 bits per heavy atom. The van der Waals surface area contributed by atoms with Crippen LogP contribution in [0.5, 0.6) is 0 Å². The maximum absolute atomic E-state index is 12.0. The van der Waals surface area contributed by atoms with E-state index >= 15 is 0 Å². The lowest BCUT2D eigenvalue weighted by molar-refractivity contribution is -0.119. The van der Waals surface area contributed by atoms with Gasteiger partial charge in [0.15, 0.2) is 5.17 Å². The van der Waals surface area contributed by atoms with Gasteiger partial charge >= 0.3 is 0 Å². The van der Waals surface area contributed by atoms with Crippen LogP contribution in [0, 0.1) is 5.92 Å². The Labute approximate surface area is 132 Å². The first kappa shape index (κ1) is 14.8. The standard InChI is InChI=1S/C14H17N3O2S2/c1-8-6-20-13-11(8)12(19)16-14(17-13)21-7-10(18)15-9-4-2-3-5-9/h6,9,11H,2-5,7H2,1H3,(H,15,18). The van der Waals surface area contributed by atoms with Gasteiger partial charge in [0, 0.05) is 6.04 Å². The highest BCUT2D eigenvalue weighted by molar-refractivity contribution is 8.17. The summed E-state index contributed by atoms with van der Waals surface area (Å²) in [7, 11) is 0. The molecular weight excluding hydrogens is 306 g/mol. The number of nitrogens with zero attached hydrogens (tertiary/aromatic N) is 2. The van der Waals surface area contributed by atoms with E-state index in [1.165, 1.54) is 36.4 Å². The summed E-state index contributed by atoms with van der Waals surface area (Å²) in [4.78, 5) is 32.2. The van der Waals surface area contributed by atoms with Crippen molar-refractivity contribution in [1.82, 2.24) is 5.32 Å². The van der Waals surface area contributed by atoms with Crippen molar-refractivity contribution in [3.05, 3.63) is 11.0 Å². The number of amides is 2. The van der Waals surface area contributed by atoms with Crippen LogP contribution in [-0.2, 0) is 9.59 Å². The number of hydrogen-bond donors (Lipinski definition) is 1. The van der Waals surface area contributed by atoms with Crippen LogP contribution in [0.3, 0.4) is 0 Å². The van der Waals surface area contributed by atoms with Crippen LogP contribution in [0.15, 0.2) is 21.0 Å². The summed E-state index contributed by atoms with van der Waals surface area (Å²) in [5, 5.41) is 6.15. The monoisotopic (exact) mass is 323 g/mol. The van der Waals surface area contributed by atoms with Crippen molar-refractivity contribution >= 4 is 45.5 Å². The molecule has 0 aromatic rings. The third-order valence-electron chi connectivity index (χ3n) is 3.78. The molecule has 21 heavy (non-hydrogen) atoms. The summed E-state index contributed by atoms with van der Waals surface area (Å²) in [5.74, 6) is -0.192. The highest BCUT2D eigenvalue weighted by atomic mass is 32.2. The average Bonchev–Trinajstić information content (AvgIpc) is 3.07. The van der Waals surface area contributed by atoms with E-state index in [4.69, 9.17) is 0 Å². The molecule has 1 unspecified atom stereocenters. The lowest BCUT2D eigenvalue weighted by Crippen LogP contribution is -2.34. The fraction of sp³-hybridized carbons (Fsp3) is 0.571. The molecule has 0 radical (unpaired) electrons. The molecule has 1 atom stereocenters. The Balaban J connectivity index is 1.53. The minimum atomic E-state index is -0.285. The van der Waals surface area contributed by atoms with Crippen LogP contribution in [0.2, 0.25) is 0 Å². The van der Waals surface area contributed by atoms with Gasteiger partial charge in [-0.1, -0.05) is 36.4 Å². The summed E-state index contributed by atoms with van der Waals surface area (Å²) in [6.45, 7) is 1.92. The fourth-order valence-corrected chi connectivity index (χ4v) is 4.41. The zero-order valence-corrected chi connectivity index (χ0v) is 13.4. The number of aliphatic imine (C=N–C) groups is 2. The first-order chi connectivity index (χ1) is 10.1. The minimum Gasteiger partial charge on any atom is -0.353 e. The van der Waals surface area contributed by atoms with Gasteiger partial charge in [0.05, 0.1) is 10.8 Å². The number of amidine groups is 1. The second kappa shape index (κ2) is 6.36. The smallest absolute Gasteiger partial charge is 0.262 e. The Bertz CT molecular complexity index is 563. The van der Waals surface area contributed by atoms with E-state index in [2.05, 4.69) is 15.3 Å². The topological polar surface area (TPSA) is 70.9 Å². The normalized spacial score (nSPS) is 25.3. The highest BCUT2D eigenvalue weighted by Crippen LogP contribution is 2.35. The van der Waals surface area contributed by atoms with Crippen molar-refractivity contribution < 1.29 is 9.59 Å². The number of carbonyl (C=O) groups excluding carboxylic acids is 2. The maximum atomic E-state index is 12.0. The van der Waals surface area contributed by atoms with Gasteiger partial charge in [-0.2, -0.15) is 4.99 Å². The zero-order valence-electron chi connectivity index (χ0n) is 11.8. The molecule has 1 saturated carbocycles. The second-order valence-electron chi connectivity index (χ2n) is 5.43. The van der Waals surface area contributed by atoms with Crippen molar-refractivity contribution in [3.63, 3.8) is 0 Å². The first-order valence-corrected chi connectivity index (χ1v) is 8.96. The molecule has 112 valence electrons. The summed E-state index contributed by atoms with van der Waals surface area (Å²) in [5.41, 5.74) is 0.996. The van der Waals surface area contributed by atoms with Gasteiger partial charge in [0.25, 0.3) is 5.91 Å². The third kappa shape index (κ3) is 3.40. The predicted octanol–water partition coefficient (Wildman–Crippen LogP) is 2.34. The molecule has 0 bridgehead atoms. The largest absolute Gasteiger partial charge is 0.353 e. The van der Waals surface area contributed by atoms with Crippen LogP contribution in [0.25, 0.3) is 0 Å². The molecule has 3 aliphatic rings. The Kier molecular flexibility index (Phi) is 4.49. The van der Waals surface area contributed by atoms with Gasteiger partial charge in [0.2, 0.25) is 5.91 Å². The predicted molar refractivity (Wildman–Crippen MR) is 87.6 cm³/mol. The highest BCUT2D eigenvalue weighted by Gasteiger charge is 2.34. The molecule has 1 aliphatic carbocycles.